The van der Waals surface area contributed by atoms with Crippen molar-refractivity contribution >= 4 is 11.6 Å². The highest BCUT2D eigenvalue weighted by Gasteiger charge is 2.32. The van der Waals surface area contributed by atoms with E-state index in [1.807, 2.05) is 32.9 Å². The van der Waals surface area contributed by atoms with Gasteiger partial charge in [-0.1, -0.05) is 17.7 Å². The number of aryl methyl sites for hydroxylation is 2. The Balaban J connectivity index is 2.33. The lowest BCUT2D eigenvalue weighted by molar-refractivity contribution is -0.123. The molecule has 4 heteroatoms. The molecule has 2 rings (SSSR count). The maximum atomic E-state index is 12.2. The number of benzene rings is 1. The monoisotopic (exact) mass is 248 g/mol. The molecule has 0 aliphatic carbocycles. The minimum absolute atomic E-state index is 0.0532. The fraction of sp³-hybridized carbons (Fsp3) is 0.500. The molecule has 18 heavy (non-hydrogen) atoms. The van der Waals surface area contributed by atoms with E-state index in [9.17, 15) is 9.90 Å². The number of carbonyl (C=O) groups is 1. The Morgan fingerprint density at radius 1 is 1.44 bits per heavy atom. The molecule has 1 saturated heterocycles. The van der Waals surface area contributed by atoms with Crippen LogP contribution < -0.4 is 10.2 Å². The molecule has 2 unspecified atom stereocenters. The van der Waals surface area contributed by atoms with E-state index in [-0.39, 0.29) is 18.6 Å². The Kier molecular flexibility index (Phi) is 3.68. The lowest BCUT2D eigenvalue weighted by atomic mass is 10.1. The molecule has 2 atom stereocenters. The molecule has 98 valence electrons. The van der Waals surface area contributed by atoms with Crippen LogP contribution in [0.3, 0.4) is 0 Å². The van der Waals surface area contributed by atoms with Crippen molar-refractivity contribution in [2.45, 2.75) is 32.9 Å². The summed E-state index contributed by atoms with van der Waals surface area (Å²) in [5, 5.41) is 12.4. The van der Waals surface area contributed by atoms with Gasteiger partial charge in [-0.2, -0.15) is 0 Å². The van der Waals surface area contributed by atoms with Crippen molar-refractivity contribution in [3.8, 4) is 0 Å². The maximum absolute atomic E-state index is 12.2. The zero-order valence-electron chi connectivity index (χ0n) is 11.1. The Bertz CT molecular complexity index is 459. The van der Waals surface area contributed by atoms with Crippen molar-refractivity contribution in [2.75, 3.05) is 18.1 Å². The van der Waals surface area contributed by atoms with Crippen LogP contribution in [-0.2, 0) is 4.79 Å². The van der Waals surface area contributed by atoms with Gasteiger partial charge < -0.3 is 10.0 Å². The topological polar surface area (TPSA) is 52.6 Å². The first-order valence-corrected chi connectivity index (χ1v) is 6.28. The fourth-order valence-electron chi connectivity index (χ4n) is 2.48. The molecule has 0 spiro atoms. The molecule has 2 N–H and O–H groups in total. The Hall–Kier alpha value is -1.39. The second-order valence-electron chi connectivity index (χ2n) is 5.04. The number of aliphatic hydroxyl groups is 1. The number of nitrogens with one attached hydrogen (secondary N) is 1. The number of amides is 1. The van der Waals surface area contributed by atoms with E-state index in [1.165, 1.54) is 5.56 Å². The summed E-state index contributed by atoms with van der Waals surface area (Å²) in [7, 11) is 0. The first-order chi connectivity index (χ1) is 8.52. The molecule has 1 aliphatic heterocycles. The standard InChI is InChI=1S/C14H20N2O2/c1-9-4-5-13(10(2)6-9)16-7-11(3)15-12(8-17)14(16)18/h4-6,11-12,15,17H,7-8H2,1-3H3. The van der Waals surface area contributed by atoms with Crippen LogP contribution in [-0.4, -0.2) is 36.2 Å². The van der Waals surface area contributed by atoms with E-state index in [1.54, 1.807) is 4.90 Å². The van der Waals surface area contributed by atoms with Crippen molar-refractivity contribution in [1.82, 2.24) is 5.32 Å². The first-order valence-electron chi connectivity index (χ1n) is 6.28. The molecule has 1 amide bonds. The summed E-state index contributed by atoms with van der Waals surface area (Å²) in [6, 6.07) is 5.75. The van der Waals surface area contributed by atoms with Crippen LogP contribution in [0.5, 0.6) is 0 Å². The second-order valence-corrected chi connectivity index (χ2v) is 5.04. The van der Waals surface area contributed by atoms with Crippen LogP contribution in [0.2, 0.25) is 0 Å². The molecule has 1 aromatic carbocycles. The van der Waals surface area contributed by atoms with E-state index in [4.69, 9.17) is 0 Å². The summed E-state index contributed by atoms with van der Waals surface area (Å²) in [4.78, 5) is 14.0. The van der Waals surface area contributed by atoms with E-state index >= 15 is 0 Å². The normalized spacial score (nSPS) is 24.4. The highest BCUT2D eigenvalue weighted by molar-refractivity contribution is 5.98. The molecule has 0 radical (unpaired) electrons. The number of nitrogens with zero attached hydrogens (tertiary/aromatic N) is 1. The van der Waals surface area contributed by atoms with Gasteiger partial charge in [0.25, 0.3) is 0 Å². The number of anilines is 1. The molecule has 0 aromatic heterocycles. The molecule has 1 fully saturated rings. The van der Waals surface area contributed by atoms with Crippen LogP contribution in [0.1, 0.15) is 18.1 Å². The molecular formula is C14H20N2O2. The van der Waals surface area contributed by atoms with Gasteiger partial charge in [-0.3, -0.25) is 10.1 Å². The van der Waals surface area contributed by atoms with Gasteiger partial charge in [0.05, 0.1) is 6.61 Å². The van der Waals surface area contributed by atoms with Crippen molar-refractivity contribution < 1.29 is 9.90 Å². The highest BCUT2D eigenvalue weighted by Crippen LogP contribution is 2.24. The molecule has 1 heterocycles. The van der Waals surface area contributed by atoms with E-state index in [0.717, 1.165) is 11.3 Å². The summed E-state index contributed by atoms with van der Waals surface area (Å²) < 4.78 is 0. The van der Waals surface area contributed by atoms with Gasteiger partial charge in [0.1, 0.15) is 6.04 Å². The van der Waals surface area contributed by atoms with Gasteiger partial charge in [0, 0.05) is 18.3 Å². The molecule has 4 nitrogen and oxygen atoms in total. The molecular weight excluding hydrogens is 228 g/mol. The van der Waals surface area contributed by atoms with E-state index in [2.05, 4.69) is 11.4 Å². The maximum Gasteiger partial charge on any atom is 0.246 e. The zero-order valence-corrected chi connectivity index (χ0v) is 11.1. The Labute approximate surface area is 108 Å². The van der Waals surface area contributed by atoms with Crippen molar-refractivity contribution in [3.05, 3.63) is 29.3 Å². The third-order valence-electron chi connectivity index (χ3n) is 3.33. The number of aliphatic hydroxyl groups excluding tert-OH is 1. The average molecular weight is 248 g/mol. The molecule has 0 saturated carbocycles. The van der Waals surface area contributed by atoms with Crippen LogP contribution >= 0.6 is 0 Å². The van der Waals surface area contributed by atoms with Crippen molar-refractivity contribution in [1.29, 1.82) is 0 Å². The van der Waals surface area contributed by atoms with Crippen LogP contribution in [0.4, 0.5) is 5.69 Å². The lowest BCUT2D eigenvalue weighted by Gasteiger charge is -2.37. The largest absolute Gasteiger partial charge is 0.394 e. The molecule has 1 aromatic rings. The van der Waals surface area contributed by atoms with Gasteiger partial charge in [-0.05, 0) is 32.4 Å². The van der Waals surface area contributed by atoms with Gasteiger partial charge in [0.2, 0.25) is 5.91 Å². The number of rotatable bonds is 2. The van der Waals surface area contributed by atoms with Gasteiger partial charge >= 0.3 is 0 Å². The molecule has 0 bridgehead atoms. The predicted octanol–water partition coefficient (Wildman–Crippen LogP) is 0.989. The van der Waals surface area contributed by atoms with Crippen LogP contribution in [0.25, 0.3) is 0 Å². The van der Waals surface area contributed by atoms with Gasteiger partial charge in [-0.25, -0.2) is 0 Å². The summed E-state index contributed by atoms with van der Waals surface area (Å²) >= 11 is 0. The summed E-state index contributed by atoms with van der Waals surface area (Å²) in [6.07, 6.45) is 0. The Morgan fingerprint density at radius 3 is 2.78 bits per heavy atom. The average Bonchev–Trinajstić information content (AvgIpc) is 2.32. The number of piperazine rings is 1. The second kappa shape index (κ2) is 5.08. The minimum atomic E-state index is -0.491. The smallest absolute Gasteiger partial charge is 0.246 e. The highest BCUT2D eigenvalue weighted by atomic mass is 16.3. The minimum Gasteiger partial charge on any atom is -0.394 e. The quantitative estimate of drug-likeness (QED) is 0.820. The van der Waals surface area contributed by atoms with Gasteiger partial charge in [0.15, 0.2) is 0 Å². The number of hydrogen-bond donors (Lipinski definition) is 2. The van der Waals surface area contributed by atoms with Crippen molar-refractivity contribution in [3.63, 3.8) is 0 Å². The van der Waals surface area contributed by atoms with Gasteiger partial charge in [-0.15, -0.1) is 0 Å². The Morgan fingerprint density at radius 2 is 2.17 bits per heavy atom. The third kappa shape index (κ3) is 2.40. The van der Waals surface area contributed by atoms with E-state index in [0.29, 0.717) is 6.54 Å². The summed E-state index contributed by atoms with van der Waals surface area (Å²) in [5.41, 5.74) is 3.22. The first kappa shape index (κ1) is 13.1. The zero-order chi connectivity index (χ0) is 13.3. The summed E-state index contributed by atoms with van der Waals surface area (Å²) in [5.74, 6) is -0.0532. The number of hydrogen-bond acceptors (Lipinski definition) is 3. The van der Waals surface area contributed by atoms with Crippen molar-refractivity contribution in [2.24, 2.45) is 0 Å². The SMILES string of the molecule is Cc1ccc(N2CC(C)NC(CO)C2=O)c(C)c1. The number of carbonyl (C=O) groups excluding carboxylic acids is 1. The molecule has 1 aliphatic rings. The fourth-order valence-corrected chi connectivity index (χ4v) is 2.48. The predicted molar refractivity (Wildman–Crippen MR) is 71.7 cm³/mol. The lowest BCUT2D eigenvalue weighted by Crippen LogP contribution is -2.60. The van der Waals surface area contributed by atoms with Crippen LogP contribution in [0.15, 0.2) is 18.2 Å². The van der Waals surface area contributed by atoms with Crippen LogP contribution in [0, 0.1) is 13.8 Å². The van der Waals surface area contributed by atoms with E-state index < -0.39 is 6.04 Å². The third-order valence-corrected chi connectivity index (χ3v) is 3.33. The summed E-state index contributed by atoms with van der Waals surface area (Å²) in [6.45, 7) is 6.54.